The van der Waals surface area contributed by atoms with Crippen molar-refractivity contribution in [1.29, 1.82) is 0 Å². The van der Waals surface area contributed by atoms with E-state index >= 15 is 0 Å². The Balaban J connectivity index is 1.85. The van der Waals surface area contributed by atoms with Crippen molar-refractivity contribution in [2.24, 2.45) is 4.99 Å². The number of nitrogens with zero attached hydrogens (tertiary/aromatic N) is 4. The summed E-state index contributed by atoms with van der Waals surface area (Å²) in [7, 11) is 0. The zero-order valence-corrected chi connectivity index (χ0v) is 14.3. The lowest BCUT2D eigenvalue weighted by Crippen LogP contribution is -2.38. The average molecular weight is 320 g/mol. The first-order chi connectivity index (χ1) is 10.7. The second-order valence-electron chi connectivity index (χ2n) is 4.93. The molecule has 0 bridgehead atoms. The molecule has 2 aromatic rings. The van der Waals surface area contributed by atoms with Crippen LogP contribution < -0.4 is 10.6 Å². The van der Waals surface area contributed by atoms with E-state index in [2.05, 4.69) is 63.3 Å². The molecule has 120 valence electrons. The molecule has 0 aliphatic rings. The molecule has 0 atom stereocenters. The van der Waals surface area contributed by atoms with Gasteiger partial charge in [0.2, 0.25) is 0 Å². The number of aliphatic imine (C=N–C) groups is 1. The van der Waals surface area contributed by atoms with Gasteiger partial charge in [-0.3, -0.25) is 0 Å². The topological polar surface area (TPSA) is 67.1 Å². The van der Waals surface area contributed by atoms with E-state index in [4.69, 9.17) is 0 Å². The summed E-state index contributed by atoms with van der Waals surface area (Å²) in [6.07, 6.45) is 2.67. The Morgan fingerprint density at radius 1 is 1.32 bits per heavy atom. The van der Waals surface area contributed by atoms with Gasteiger partial charge in [0.1, 0.15) is 12.2 Å². The molecular weight excluding hydrogens is 296 g/mol. The number of aryl methyl sites for hydroxylation is 2. The van der Waals surface area contributed by atoms with Crippen molar-refractivity contribution < 1.29 is 0 Å². The van der Waals surface area contributed by atoms with Crippen LogP contribution in [0.15, 0.2) is 23.5 Å². The third-order valence-corrected chi connectivity index (χ3v) is 4.18. The van der Waals surface area contributed by atoms with Gasteiger partial charge in [-0.15, -0.1) is 21.5 Å². The smallest absolute Gasteiger partial charge is 0.191 e. The van der Waals surface area contributed by atoms with Crippen molar-refractivity contribution in [3.05, 3.63) is 34.0 Å². The molecule has 2 heterocycles. The summed E-state index contributed by atoms with van der Waals surface area (Å²) in [6, 6.07) is 4.27. The van der Waals surface area contributed by atoms with Crippen molar-refractivity contribution in [2.45, 2.75) is 40.3 Å². The molecule has 0 spiro atoms. The van der Waals surface area contributed by atoms with E-state index in [9.17, 15) is 0 Å². The van der Waals surface area contributed by atoms with Crippen LogP contribution >= 0.6 is 11.3 Å². The maximum atomic E-state index is 4.62. The maximum absolute atomic E-state index is 4.62. The lowest BCUT2D eigenvalue weighted by atomic mass is 10.4. The van der Waals surface area contributed by atoms with Gasteiger partial charge < -0.3 is 15.2 Å². The van der Waals surface area contributed by atoms with E-state index < -0.39 is 0 Å². The molecular formula is C15H24N6S. The van der Waals surface area contributed by atoms with Crippen LogP contribution in [-0.2, 0) is 19.5 Å². The summed E-state index contributed by atoms with van der Waals surface area (Å²) in [5.74, 6) is 1.86. The minimum absolute atomic E-state index is 0.709. The van der Waals surface area contributed by atoms with Gasteiger partial charge in [0.25, 0.3) is 0 Å². The van der Waals surface area contributed by atoms with E-state index in [0.717, 1.165) is 37.8 Å². The Bertz CT molecular complexity index is 601. The molecule has 6 nitrogen and oxygen atoms in total. The fourth-order valence-electron chi connectivity index (χ4n) is 2.10. The first-order valence-electron chi connectivity index (χ1n) is 7.67. The van der Waals surface area contributed by atoms with Gasteiger partial charge in [-0.05, 0) is 26.0 Å². The number of hydrogen-bond donors (Lipinski definition) is 2. The third-order valence-electron chi connectivity index (χ3n) is 3.19. The zero-order chi connectivity index (χ0) is 15.8. The second-order valence-corrected chi connectivity index (χ2v) is 6.30. The van der Waals surface area contributed by atoms with Crippen LogP contribution in [0.2, 0.25) is 0 Å². The van der Waals surface area contributed by atoms with E-state index in [1.165, 1.54) is 9.75 Å². The third kappa shape index (κ3) is 4.84. The molecule has 0 fully saturated rings. The van der Waals surface area contributed by atoms with Crippen LogP contribution in [0.5, 0.6) is 0 Å². The van der Waals surface area contributed by atoms with Gasteiger partial charge in [0, 0.05) is 35.8 Å². The van der Waals surface area contributed by atoms with Gasteiger partial charge >= 0.3 is 0 Å². The summed E-state index contributed by atoms with van der Waals surface area (Å²) in [5, 5.41) is 14.7. The maximum Gasteiger partial charge on any atom is 0.191 e. The normalized spacial score (nSPS) is 11.7. The molecule has 0 saturated carbocycles. The Kier molecular flexibility index (Phi) is 6.39. The molecule has 0 saturated heterocycles. The van der Waals surface area contributed by atoms with E-state index in [1.807, 2.05) is 0 Å². The minimum atomic E-state index is 0.709. The van der Waals surface area contributed by atoms with Crippen LogP contribution in [-0.4, -0.2) is 33.8 Å². The summed E-state index contributed by atoms with van der Waals surface area (Å²) < 4.78 is 2.07. The molecule has 2 aromatic heterocycles. The summed E-state index contributed by atoms with van der Waals surface area (Å²) in [5.41, 5.74) is 0. The molecule has 0 amide bonds. The first-order valence-corrected chi connectivity index (χ1v) is 8.48. The lowest BCUT2D eigenvalue weighted by molar-refractivity contribution is 0.633. The number of thiophene rings is 1. The van der Waals surface area contributed by atoms with Crippen molar-refractivity contribution in [2.75, 3.05) is 13.1 Å². The van der Waals surface area contributed by atoms with E-state index in [-0.39, 0.29) is 0 Å². The van der Waals surface area contributed by atoms with Crippen molar-refractivity contribution in [1.82, 2.24) is 25.4 Å². The van der Waals surface area contributed by atoms with Crippen molar-refractivity contribution in [3.8, 4) is 0 Å². The van der Waals surface area contributed by atoms with Crippen LogP contribution in [0.1, 0.15) is 29.4 Å². The second kappa shape index (κ2) is 8.53. The van der Waals surface area contributed by atoms with Crippen LogP contribution in [0.4, 0.5) is 0 Å². The Morgan fingerprint density at radius 2 is 2.18 bits per heavy atom. The van der Waals surface area contributed by atoms with Gasteiger partial charge in [-0.1, -0.05) is 6.92 Å². The van der Waals surface area contributed by atoms with Crippen LogP contribution in [0.25, 0.3) is 0 Å². The molecule has 0 unspecified atom stereocenters. The Hall–Kier alpha value is -1.89. The molecule has 0 aromatic carbocycles. The summed E-state index contributed by atoms with van der Waals surface area (Å²) in [4.78, 5) is 7.22. The summed E-state index contributed by atoms with van der Waals surface area (Å²) in [6.45, 7) is 9.46. The number of aromatic nitrogens is 3. The fourth-order valence-corrected chi connectivity index (χ4v) is 2.92. The van der Waals surface area contributed by atoms with Crippen molar-refractivity contribution >= 4 is 17.3 Å². The van der Waals surface area contributed by atoms with E-state index in [0.29, 0.717) is 6.54 Å². The summed E-state index contributed by atoms with van der Waals surface area (Å²) >= 11 is 1.79. The molecule has 7 heteroatoms. The van der Waals surface area contributed by atoms with E-state index in [1.54, 1.807) is 17.7 Å². The predicted molar refractivity (Wildman–Crippen MR) is 91.3 cm³/mol. The highest BCUT2D eigenvalue weighted by Crippen LogP contribution is 2.15. The number of hydrogen-bond acceptors (Lipinski definition) is 4. The highest BCUT2D eigenvalue weighted by molar-refractivity contribution is 7.11. The fraction of sp³-hybridized carbons (Fsp3) is 0.533. The molecule has 0 aliphatic carbocycles. The standard InChI is InChI=1S/C15H24N6S/c1-4-14-20-19-11-21(14)9-8-17-15(16-5-2)18-10-13-7-6-12(3)22-13/h6-7,11H,4-5,8-10H2,1-3H3,(H2,16,17,18). The largest absolute Gasteiger partial charge is 0.357 e. The minimum Gasteiger partial charge on any atom is -0.357 e. The highest BCUT2D eigenvalue weighted by Gasteiger charge is 2.02. The van der Waals surface area contributed by atoms with Gasteiger partial charge in [0.05, 0.1) is 6.54 Å². The molecule has 0 aliphatic heterocycles. The predicted octanol–water partition coefficient (Wildman–Crippen LogP) is 1.97. The number of nitrogens with one attached hydrogen (secondary N) is 2. The number of rotatable bonds is 7. The zero-order valence-electron chi connectivity index (χ0n) is 13.5. The first kappa shape index (κ1) is 16.5. The highest BCUT2D eigenvalue weighted by atomic mass is 32.1. The molecule has 22 heavy (non-hydrogen) atoms. The monoisotopic (exact) mass is 320 g/mol. The number of guanidine groups is 1. The average Bonchev–Trinajstić information content (AvgIpc) is 3.13. The van der Waals surface area contributed by atoms with Crippen LogP contribution in [0.3, 0.4) is 0 Å². The van der Waals surface area contributed by atoms with Gasteiger partial charge in [0.15, 0.2) is 5.96 Å². The molecule has 2 rings (SSSR count). The SMILES string of the molecule is CCNC(=NCc1ccc(C)s1)NCCn1cnnc1CC. The Labute approximate surface area is 135 Å². The Morgan fingerprint density at radius 3 is 2.86 bits per heavy atom. The van der Waals surface area contributed by atoms with Crippen LogP contribution in [0, 0.1) is 6.92 Å². The lowest BCUT2D eigenvalue weighted by Gasteiger charge is -2.12. The molecule has 0 radical (unpaired) electrons. The van der Waals surface area contributed by atoms with Gasteiger partial charge in [-0.2, -0.15) is 0 Å². The van der Waals surface area contributed by atoms with Gasteiger partial charge in [-0.25, -0.2) is 4.99 Å². The quantitative estimate of drug-likeness (QED) is 0.604. The molecule has 2 N–H and O–H groups in total. The van der Waals surface area contributed by atoms with Crippen molar-refractivity contribution in [3.63, 3.8) is 0 Å².